The molecule has 0 atom stereocenters. The molecule has 2 heterocycles. The molecule has 0 saturated heterocycles. The maximum Gasteiger partial charge on any atom is 0.151 e. The van der Waals surface area contributed by atoms with E-state index in [0.717, 1.165) is 77.9 Å². The highest BCUT2D eigenvalue weighted by Gasteiger charge is 2.36. The summed E-state index contributed by atoms with van der Waals surface area (Å²) in [4.78, 5) is 4.55. The van der Waals surface area contributed by atoms with Crippen LogP contribution in [-0.4, -0.2) is 0 Å². The molecule has 2 aliphatic rings. The molecule has 0 aromatic heterocycles. The number of nitrogens with zero attached hydrogens (tertiary/aromatic N) is 3. The second kappa shape index (κ2) is 10.7. The Hall–Kier alpha value is -6.64. The van der Waals surface area contributed by atoms with Crippen molar-refractivity contribution in [2.75, 3.05) is 9.80 Å². The van der Waals surface area contributed by atoms with E-state index in [1.165, 1.54) is 17.2 Å². The van der Waals surface area contributed by atoms with Gasteiger partial charge in [0.05, 0.1) is 28.3 Å². The molecule has 5 heteroatoms. The van der Waals surface area contributed by atoms with Gasteiger partial charge in [-0.3, -0.25) is 0 Å². The molecule has 10 rings (SSSR count). The Labute approximate surface area is 294 Å². The molecule has 0 N–H and O–H groups in total. The van der Waals surface area contributed by atoms with Crippen LogP contribution in [-0.2, 0) is 5.41 Å². The number of benzene rings is 8. The van der Waals surface area contributed by atoms with Crippen molar-refractivity contribution in [3.8, 4) is 17.6 Å². The highest BCUT2D eigenvalue weighted by Crippen LogP contribution is 2.54. The third kappa shape index (κ3) is 4.17. The summed E-state index contributed by atoms with van der Waals surface area (Å²) in [7, 11) is 0. The number of anilines is 6. The van der Waals surface area contributed by atoms with Crippen LogP contribution >= 0.6 is 0 Å². The van der Waals surface area contributed by atoms with Gasteiger partial charge in [-0.05, 0) is 116 Å². The Kier molecular flexibility index (Phi) is 6.13. The number of nitriles is 1. The summed E-state index contributed by atoms with van der Waals surface area (Å²) in [6.07, 6.45) is 0. The largest absolute Gasteiger partial charge is 0.453 e. The van der Waals surface area contributed by atoms with Crippen LogP contribution in [0.3, 0.4) is 0 Å². The standard InChI is InChI=1S/C46H30FN3O/c1-46(2)37-11-3-5-13-40(37)49(41-14-6-4-12-38(41)46)29-19-22-32-34-24-30(50-42-15-7-9-17-44(42)51-45-18-10-8-16-43(45)50)20-21-31(34)33-23-28(27-48)39(47)26-36(33)35(32)25-29/h3-26H,1-2H3. The minimum absolute atomic E-state index is 0.0283. The van der Waals surface area contributed by atoms with Crippen LogP contribution in [0, 0.1) is 17.1 Å². The van der Waals surface area contributed by atoms with Gasteiger partial charge in [0.1, 0.15) is 11.9 Å². The van der Waals surface area contributed by atoms with E-state index < -0.39 is 5.82 Å². The van der Waals surface area contributed by atoms with Crippen LogP contribution in [0.5, 0.6) is 11.5 Å². The van der Waals surface area contributed by atoms with Crippen molar-refractivity contribution in [3.63, 3.8) is 0 Å². The highest BCUT2D eigenvalue weighted by atomic mass is 19.1. The first-order chi connectivity index (χ1) is 24.9. The zero-order chi connectivity index (χ0) is 34.4. The quantitative estimate of drug-likeness (QED) is 0.173. The number of halogens is 1. The van der Waals surface area contributed by atoms with Crippen molar-refractivity contribution in [2.45, 2.75) is 19.3 Å². The Morgan fingerprint density at radius 3 is 1.49 bits per heavy atom. The average Bonchev–Trinajstić information content (AvgIpc) is 3.17. The van der Waals surface area contributed by atoms with Crippen molar-refractivity contribution in [1.82, 2.24) is 0 Å². The van der Waals surface area contributed by atoms with Gasteiger partial charge in [0.15, 0.2) is 11.5 Å². The summed E-state index contributed by atoms with van der Waals surface area (Å²) >= 11 is 0. The lowest BCUT2D eigenvalue weighted by Crippen LogP contribution is -2.30. The maximum atomic E-state index is 15.5. The topological polar surface area (TPSA) is 39.5 Å². The van der Waals surface area contributed by atoms with Crippen LogP contribution < -0.4 is 14.5 Å². The molecule has 0 radical (unpaired) electrons. The van der Waals surface area contributed by atoms with E-state index in [0.29, 0.717) is 0 Å². The van der Waals surface area contributed by atoms with E-state index in [2.05, 4.69) is 127 Å². The maximum absolute atomic E-state index is 15.5. The summed E-state index contributed by atoms with van der Waals surface area (Å²) in [5, 5.41) is 15.4. The molecule has 0 spiro atoms. The van der Waals surface area contributed by atoms with Crippen molar-refractivity contribution in [1.29, 1.82) is 5.26 Å². The third-order valence-electron chi connectivity index (χ3n) is 10.7. The Bertz CT molecular complexity index is 2720. The van der Waals surface area contributed by atoms with Crippen molar-refractivity contribution < 1.29 is 9.13 Å². The van der Waals surface area contributed by atoms with Crippen LogP contribution in [0.2, 0.25) is 0 Å². The van der Waals surface area contributed by atoms with Crippen LogP contribution in [0.4, 0.5) is 38.5 Å². The van der Waals surface area contributed by atoms with Crippen molar-refractivity contribution >= 4 is 66.4 Å². The fraction of sp³-hybridized carbons (Fsp3) is 0.0652. The van der Waals surface area contributed by atoms with E-state index in [-0.39, 0.29) is 11.0 Å². The number of hydrogen-bond acceptors (Lipinski definition) is 4. The molecule has 242 valence electrons. The molecule has 0 unspecified atom stereocenters. The number of hydrogen-bond donors (Lipinski definition) is 0. The molecule has 4 nitrogen and oxygen atoms in total. The lowest BCUT2D eigenvalue weighted by Gasteiger charge is -2.42. The predicted octanol–water partition coefficient (Wildman–Crippen LogP) is 12.8. The normalized spacial score (nSPS) is 14.0. The van der Waals surface area contributed by atoms with Gasteiger partial charge in [-0.15, -0.1) is 0 Å². The highest BCUT2D eigenvalue weighted by molar-refractivity contribution is 6.26. The van der Waals surface area contributed by atoms with E-state index in [1.54, 1.807) is 6.07 Å². The van der Waals surface area contributed by atoms with Crippen LogP contribution in [0.1, 0.15) is 30.5 Å². The van der Waals surface area contributed by atoms with Crippen molar-refractivity contribution in [2.24, 2.45) is 0 Å². The summed E-state index contributed by atoms with van der Waals surface area (Å²) in [6, 6.07) is 51.5. The monoisotopic (exact) mass is 659 g/mol. The van der Waals surface area contributed by atoms with Gasteiger partial charge < -0.3 is 14.5 Å². The number of ether oxygens (including phenoxy) is 1. The molecular weight excluding hydrogens is 630 g/mol. The van der Waals surface area contributed by atoms with Gasteiger partial charge in [0.25, 0.3) is 0 Å². The van der Waals surface area contributed by atoms with E-state index >= 15 is 4.39 Å². The molecule has 2 aliphatic heterocycles. The molecular formula is C46H30FN3O. The fourth-order valence-corrected chi connectivity index (χ4v) is 8.29. The van der Waals surface area contributed by atoms with Gasteiger partial charge in [-0.1, -0.05) is 86.6 Å². The van der Waals surface area contributed by atoms with Crippen LogP contribution in [0.15, 0.2) is 146 Å². The molecule has 0 bridgehead atoms. The fourth-order valence-electron chi connectivity index (χ4n) is 8.29. The Morgan fingerprint density at radius 1 is 0.510 bits per heavy atom. The number of fused-ring (bicyclic) bond motifs is 10. The average molecular weight is 660 g/mol. The SMILES string of the molecule is CC1(C)c2ccccc2N(c2ccc3c4cc(N5c6ccccc6Oc6ccccc65)ccc4c4cc(C#N)c(F)cc4c3c2)c2ccccc21. The van der Waals surface area contributed by atoms with Gasteiger partial charge in [-0.2, -0.15) is 5.26 Å². The predicted molar refractivity (Wildman–Crippen MR) is 205 cm³/mol. The molecule has 0 saturated carbocycles. The summed E-state index contributed by atoms with van der Waals surface area (Å²) in [6.45, 7) is 4.56. The Morgan fingerprint density at radius 2 is 0.941 bits per heavy atom. The van der Waals surface area contributed by atoms with Gasteiger partial charge >= 0.3 is 0 Å². The first kappa shape index (κ1) is 29.3. The lowest BCUT2D eigenvalue weighted by molar-refractivity contribution is 0.477. The van der Waals surface area contributed by atoms with E-state index in [1.807, 2.05) is 36.4 Å². The smallest absolute Gasteiger partial charge is 0.151 e. The van der Waals surface area contributed by atoms with Gasteiger partial charge in [0.2, 0.25) is 0 Å². The van der Waals surface area contributed by atoms with Crippen molar-refractivity contribution in [3.05, 3.63) is 168 Å². The number of para-hydroxylation sites is 6. The summed E-state index contributed by atoms with van der Waals surface area (Å²) in [5.41, 5.74) is 8.42. The van der Waals surface area contributed by atoms with Crippen LogP contribution in [0.25, 0.3) is 32.3 Å². The van der Waals surface area contributed by atoms with E-state index in [9.17, 15) is 5.26 Å². The molecule has 0 amide bonds. The van der Waals surface area contributed by atoms with E-state index in [4.69, 9.17) is 4.74 Å². The second-order valence-corrected chi connectivity index (χ2v) is 13.8. The third-order valence-corrected chi connectivity index (χ3v) is 10.7. The zero-order valence-electron chi connectivity index (χ0n) is 28.0. The lowest BCUT2D eigenvalue weighted by atomic mass is 9.73. The molecule has 8 aromatic carbocycles. The first-order valence-electron chi connectivity index (χ1n) is 17.1. The second-order valence-electron chi connectivity index (χ2n) is 13.8. The molecule has 0 fully saturated rings. The minimum Gasteiger partial charge on any atom is -0.453 e. The van der Waals surface area contributed by atoms with Gasteiger partial charge in [-0.25, -0.2) is 4.39 Å². The zero-order valence-corrected chi connectivity index (χ0v) is 28.0. The minimum atomic E-state index is -0.524. The van der Waals surface area contributed by atoms with Gasteiger partial charge in [0, 0.05) is 16.8 Å². The summed E-state index contributed by atoms with van der Waals surface area (Å²) < 4.78 is 21.8. The molecule has 8 aromatic rings. The molecule has 0 aliphatic carbocycles. The Balaban J connectivity index is 1.26. The molecule has 51 heavy (non-hydrogen) atoms. The number of rotatable bonds is 2. The summed E-state index contributed by atoms with van der Waals surface area (Å²) in [5.74, 6) is 1.04. The first-order valence-corrected chi connectivity index (χ1v) is 17.1.